The summed E-state index contributed by atoms with van der Waals surface area (Å²) >= 11 is 7.06. The molecule has 9 heteroatoms. The molecule has 0 aliphatic rings. The number of ketones is 1. The van der Waals surface area contributed by atoms with E-state index in [4.69, 9.17) is 16.3 Å². The molecule has 0 spiro atoms. The Morgan fingerprint density at radius 1 is 1.17 bits per heavy atom. The summed E-state index contributed by atoms with van der Waals surface area (Å²) in [7, 11) is 1.57. The first kappa shape index (κ1) is 19.2. The van der Waals surface area contributed by atoms with E-state index in [1.807, 2.05) is 0 Å². The first-order chi connectivity index (χ1) is 14.1. The van der Waals surface area contributed by atoms with Crippen molar-refractivity contribution in [1.29, 1.82) is 0 Å². The van der Waals surface area contributed by atoms with Gasteiger partial charge < -0.3 is 4.74 Å². The van der Waals surface area contributed by atoms with Crippen molar-refractivity contribution in [2.45, 2.75) is 5.16 Å². The molecule has 0 radical (unpaired) electrons. The molecule has 0 saturated carbocycles. The average molecular weight is 427 g/mol. The van der Waals surface area contributed by atoms with Gasteiger partial charge >= 0.3 is 0 Å². The second-order valence-electron chi connectivity index (χ2n) is 6.08. The van der Waals surface area contributed by atoms with Gasteiger partial charge in [0.25, 0.3) is 5.56 Å². The van der Waals surface area contributed by atoms with Crippen LogP contribution in [0.3, 0.4) is 0 Å². The zero-order chi connectivity index (χ0) is 20.4. The predicted molar refractivity (Wildman–Crippen MR) is 113 cm³/mol. The first-order valence-electron chi connectivity index (χ1n) is 8.59. The highest BCUT2D eigenvalue weighted by Gasteiger charge is 2.16. The second kappa shape index (κ2) is 8.10. The number of nitrogens with one attached hydrogen (secondary N) is 1. The predicted octanol–water partition coefficient (Wildman–Crippen LogP) is 3.75. The van der Waals surface area contributed by atoms with Gasteiger partial charge in [-0.3, -0.25) is 19.3 Å². The largest absolute Gasteiger partial charge is 0.497 e. The first-order valence-corrected chi connectivity index (χ1v) is 9.95. The molecule has 29 heavy (non-hydrogen) atoms. The summed E-state index contributed by atoms with van der Waals surface area (Å²) in [5.74, 6) is 0.697. The van der Waals surface area contributed by atoms with Crippen LogP contribution in [0.25, 0.3) is 16.7 Å². The van der Waals surface area contributed by atoms with Crippen molar-refractivity contribution < 1.29 is 9.53 Å². The van der Waals surface area contributed by atoms with E-state index in [-0.39, 0.29) is 17.1 Å². The molecule has 0 fully saturated rings. The van der Waals surface area contributed by atoms with Gasteiger partial charge in [-0.15, -0.1) is 0 Å². The highest BCUT2D eigenvalue weighted by atomic mass is 35.5. The molecule has 0 atom stereocenters. The molecule has 0 saturated heterocycles. The van der Waals surface area contributed by atoms with E-state index in [1.54, 1.807) is 55.6 Å². The van der Waals surface area contributed by atoms with Gasteiger partial charge in [-0.2, -0.15) is 5.10 Å². The molecule has 0 unspecified atom stereocenters. The van der Waals surface area contributed by atoms with E-state index in [2.05, 4.69) is 15.2 Å². The van der Waals surface area contributed by atoms with Crippen LogP contribution in [0.15, 0.2) is 64.7 Å². The lowest BCUT2D eigenvalue weighted by Gasteiger charge is -2.12. The second-order valence-corrected chi connectivity index (χ2v) is 7.46. The van der Waals surface area contributed by atoms with E-state index >= 15 is 0 Å². The minimum absolute atomic E-state index is 0.0908. The van der Waals surface area contributed by atoms with Crippen LogP contribution in [0.2, 0.25) is 5.02 Å². The molecule has 7 nitrogen and oxygen atoms in total. The van der Waals surface area contributed by atoms with Crippen LogP contribution >= 0.6 is 23.4 Å². The number of Topliss-reactive ketones (excluding diaryl/α,β-unsaturated/α-hetero) is 1. The summed E-state index contributed by atoms with van der Waals surface area (Å²) in [5.41, 5.74) is 1.27. The van der Waals surface area contributed by atoms with Crippen molar-refractivity contribution in [2.75, 3.05) is 12.9 Å². The normalized spacial score (nSPS) is 11.0. The van der Waals surface area contributed by atoms with Crippen LogP contribution in [-0.2, 0) is 0 Å². The standard InChI is InChI=1S/C20H15ClN4O3S/c1-28-15-8-6-14(7-9-15)25-19(27)16-10-22-24-18(16)23-20(25)29-11-17(26)12-2-4-13(21)5-3-12/h2-10H,11H2,1H3,(H,22,24). The number of carbonyl (C=O) groups excluding carboxylic acids is 1. The monoisotopic (exact) mass is 426 g/mol. The van der Waals surface area contributed by atoms with Gasteiger partial charge in [0.2, 0.25) is 0 Å². The Hall–Kier alpha value is -3.10. The van der Waals surface area contributed by atoms with Gasteiger partial charge in [0.1, 0.15) is 11.1 Å². The van der Waals surface area contributed by atoms with Crippen molar-refractivity contribution in [3.05, 3.63) is 75.7 Å². The number of aromatic amines is 1. The lowest BCUT2D eigenvalue weighted by molar-refractivity contribution is 0.102. The van der Waals surface area contributed by atoms with Crippen LogP contribution in [0, 0.1) is 0 Å². The number of nitrogens with zero attached hydrogens (tertiary/aromatic N) is 3. The number of benzene rings is 2. The molecule has 2 aromatic carbocycles. The fraction of sp³-hybridized carbons (Fsp3) is 0.100. The van der Waals surface area contributed by atoms with Crippen molar-refractivity contribution in [3.63, 3.8) is 0 Å². The molecule has 0 aliphatic carbocycles. The Kier molecular flexibility index (Phi) is 5.37. The number of aromatic nitrogens is 4. The Morgan fingerprint density at radius 2 is 1.90 bits per heavy atom. The lowest BCUT2D eigenvalue weighted by atomic mass is 10.1. The van der Waals surface area contributed by atoms with E-state index < -0.39 is 0 Å². The van der Waals surface area contributed by atoms with E-state index in [9.17, 15) is 9.59 Å². The number of carbonyl (C=O) groups is 1. The number of halogens is 1. The topological polar surface area (TPSA) is 89.9 Å². The number of ether oxygens (including phenoxy) is 1. The maximum atomic E-state index is 13.0. The van der Waals surface area contributed by atoms with Crippen LogP contribution in [0.1, 0.15) is 10.4 Å². The SMILES string of the molecule is COc1ccc(-n2c(SCC(=O)c3ccc(Cl)cc3)nc3[nH]ncc3c2=O)cc1. The molecule has 0 aliphatic heterocycles. The number of hydrogen-bond acceptors (Lipinski definition) is 6. The Morgan fingerprint density at radius 3 is 2.59 bits per heavy atom. The number of thioether (sulfide) groups is 1. The van der Waals surface area contributed by atoms with Gasteiger partial charge in [0.05, 0.1) is 24.7 Å². The molecular weight excluding hydrogens is 412 g/mol. The van der Waals surface area contributed by atoms with E-state index in [1.165, 1.54) is 22.5 Å². The third-order valence-electron chi connectivity index (χ3n) is 4.28. The minimum Gasteiger partial charge on any atom is -0.497 e. The van der Waals surface area contributed by atoms with E-state index in [0.717, 1.165) is 0 Å². The maximum absolute atomic E-state index is 13.0. The highest BCUT2D eigenvalue weighted by molar-refractivity contribution is 7.99. The van der Waals surface area contributed by atoms with Crippen LogP contribution < -0.4 is 10.3 Å². The number of H-pyrrole nitrogens is 1. The van der Waals surface area contributed by atoms with Crippen LogP contribution in [0.5, 0.6) is 5.75 Å². The third-order valence-corrected chi connectivity index (χ3v) is 5.47. The fourth-order valence-electron chi connectivity index (χ4n) is 2.78. The zero-order valence-electron chi connectivity index (χ0n) is 15.3. The summed E-state index contributed by atoms with van der Waals surface area (Å²) in [5, 5.41) is 7.94. The molecule has 4 aromatic rings. The molecule has 0 bridgehead atoms. The molecule has 0 amide bonds. The molecule has 146 valence electrons. The molecule has 4 rings (SSSR count). The van der Waals surface area contributed by atoms with Crippen molar-refractivity contribution in [3.8, 4) is 11.4 Å². The summed E-state index contributed by atoms with van der Waals surface area (Å²) in [6.07, 6.45) is 1.44. The summed E-state index contributed by atoms with van der Waals surface area (Å²) < 4.78 is 6.65. The van der Waals surface area contributed by atoms with Crippen molar-refractivity contribution in [2.24, 2.45) is 0 Å². The zero-order valence-corrected chi connectivity index (χ0v) is 16.8. The molecule has 1 N–H and O–H groups in total. The van der Waals surface area contributed by atoms with Gasteiger partial charge in [-0.05, 0) is 48.5 Å². The van der Waals surface area contributed by atoms with Gasteiger partial charge in [0.15, 0.2) is 16.6 Å². The Labute approximate surface area is 174 Å². The number of rotatable bonds is 6. The lowest BCUT2D eigenvalue weighted by Crippen LogP contribution is -2.21. The van der Waals surface area contributed by atoms with Gasteiger partial charge in [0, 0.05) is 10.6 Å². The fourth-order valence-corrected chi connectivity index (χ4v) is 3.81. The van der Waals surface area contributed by atoms with Gasteiger partial charge in [-0.25, -0.2) is 4.98 Å². The molecular formula is C20H15ClN4O3S. The number of hydrogen-bond donors (Lipinski definition) is 1. The molecule has 2 heterocycles. The number of fused-ring (bicyclic) bond motifs is 1. The Balaban J connectivity index is 1.71. The summed E-state index contributed by atoms with van der Waals surface area (Å²) in [4.78, 5) is 30.1. The Bertz CT molecular complexity index is 1230. The third kappa shape index (κ3) is 3.90. The highest BCUT2D eigenvalue weighted by Crippen LogP contribution is 2.23. The van der Waals surface area contributed by atoms with Gasteiger partial charge in [-0.1, -0.05) is 23.4 Å². The molecule has 2 aromatic heterocycles. The summed E-state index contributed by atoms with van der Waals surface area (Å²) in [6.45, 7) is 0. The summed E-state index contributed by atoms with van der Waals surface area (Å²) in [6, 6.07) is 13.7. The quantitative estimate of drug-likeness (QED) is 0.287. The van der Waals surface area contributed by atoms with E-state index in [0.29, 0.717) is 38.2 Å². The van der Waals surface area contributed by atoms with Crippen LogP contribution in [0.4, 0.5) is 0 Å². The maximum Gasteiger partial charge on any atom is 0.269 e. The average Bonchev–Trinajstić information content (AvgIpc) is 3.22. The number of methoxy groups -OCH3 is 1. The minimum atomic E-state index is -0.268. The van der Waals surface area contributed by atoms with Crippen molar-refractivity contribution in [1.82, 2.24) is 19.7 Å². The van der Waals surface area contributed by atoms with Crippen LogP contribution in [-0.4, -0.2) is 38.4 Å². The van der Waals surface area contributed by atoms with Crippen molar-refractivity contribution >= 4 is 40.2 Å². The smallest absolute Gasteiger partial charge is 0.269 e.